The molecule has 0 aliphatic carbocycles. The highest BCUT2D eigenvalue weighted by Crippen LogP contribution is 2.29. The van der Waals surface area contributed by atoms with Gasteiger partial charge in [-0.3, -0.25) is 4.90 Å². The first-order valence-corrected chi connectivity index (χ1v) is 11.3. The highest BCUT2D eigenvalue weighted by Gasteiger charge is 2.11. The van der Waals surface area contributed by atoms with Crippen LogP contribution >= 0.6 is 0 Å². The minimum atomic E-state index is 0.235. The molecular weight excluding hydrogens is 414 g/mol. The van der Waals surface area contributed by atoms with Crippen molar-refractivity contribution in [2.24, 2.45) is 0 Å². The van der Waals surface area contributed by atoms with Crippen LogP contribution in [0.25, 0.3) is 22.2 Å². The lowest BCUT2D eigenvalue weighted by Crippen LogP contribution is -2.25. The SMILES string of the molecule is Cc1cc2nc(Nc3ccc(OCCN4CCCC4)cc3)nnc2cc1-c1cccc(O)c1. The number of phenols is 1. The van der Waals surface area contributed by atoms with Crippen LogP contribution in [-0.2, 0) is 0 Å². The minimum absolute atomic E-state index is 0.235. The number of nitrogens with one attached hydrogen (secondary N) is 1. The summed E-state index contributed by atoms with van der Waals surface area (Å²) in [4.78, 5) is 7.07. The van der Waals surface area contributed by atoms with Crippen LogP contribution in [0.15, 0.2) is 60.7 Å². The van der Waals surface area contributed by atoms with E-state index in [-0.39, 0.29) is 5.75 Å². The van der Waals surface area contributed by atoms with E-state index in [0.717, 1.165) is 40.2 Å². The van der Waals surface area contributed by atoms with Crippen LogP contribution in [0.4, 0.5) is 11.6 Å². The minimum Gasteiger partial charge on any atom is -0.508 e. The fourth-order valence-electron chi connectivity index (χ4n) is 4.19. The molecule has 0 saturated carbocycles. The number of hydrogen-bond donors (Lipinski definition) is 2. The summed E-state index contributed by atoms with van der Waals surface area (Å²) in [5.74, 6) is 1.53. The Hall–Kier alpha value is -3.71. The van der Waals surface area contributed by atoms with E-state index in [1.54, 1.807) is 12.1 Å². The van der Waals surface area contributed by atoms with Crippen molar-refractivity contribution in [3.05, 3.63) is 66.2 Å². The zero-order valence-corrected chi connectivity index (χ0v) is 18.7. The van der Waals surface area contributed by atoms with Crippen LogP contribution < -0.4 is 10.1 Å². The van der Waals surface area contributed by atoms with Crippen LogP contribution in [-0.4, -0.2) is 51.4 Å². The predicted molar refractivity (Wildman–Crippen MR) is 130 cm³/mol. The standard InChI is InChI=1S/C26H27N5O2/c1-18-15-24-25(17-23(18)19-5-4-6-21(32)16-19)29-30-26(28-24)27-20-7-9-22(10-8-20)33-14-13-31-11-2-3-12-31/h4-10,15-17,32H,2-3,11-14H2,1H3,(H,27,28,30). The Morgan fingerprint density at radius 3 is 2.58 bits per heavy atom. The molecule has 0 atom stereocenters. The number of phenolic OH excluding ortho intramolecular Hbond substituents is 1. The van der Waals surface area contributed by atoms with Crippen molar-refractivity contribution in [1.29, 1.82) is 0 Å². The summed E-state index contributed by atoms with van der Waals surface area (Å²) in [7, 11) is 0. The number of ether oxygens (including phenoxy) is 1. The second-order valence-electron chi connectivity index (χ2n) is 8.39. The number of aryl methyl sites for hydroxylation is 1. The molecule has 2 N–H and O–H groups in total. The van der Waals surface area contributed by atoms with Gasteiger partial charge in [-0.2, -0.15) is 0 Å². The third-order valence-corrected chi connectivity index (χ3v) is 5.94. The summed E-state index contributed by atoms with van der Waals surface area (Å²) >= 11 is 0. The van der Waals surface area contributed by atoms with Gasteiger partial charge in [-0.1, -0.05) is 12.1 Å². The second-order valence-corrected chi connectivity index (χ2v) is 8.39. The van der Waals surface area contributed by atoms with E-state index in [2.05, 4.69) is 25.4 Å². The van der Waals surface area contributed by atoms with Crippen LogP contribution in [0.3, 0.4) is 0 Å². The first-order chi connectivity index (χ1) is 16.1. The maximum absolute atomic E-state index is 9.80. The third kappa shape index (κ3) is 5.04. The number of likely N-dealkylation sites (tertiary alicyclic amines) is 1. The molecule has 7 heteroatoms. The average molecular weight is 442 g/mol. The van der Waals surface area contributed by atoms with Gasteiger partial charge in [-0.25, -0.2) is 4.98 Å². The number of benzene rings is 3. The fourth-order valence-corrected chi connectivity index (χ4v) is 4.19. The Kier molecular flexibility index (Phi) is 6.04. The first-order valence-electron chi connectivity index (χ1n) is 11.3. The van der Waals surface area contributed by atoms with Gasteiger partial charge in [0.1, 0.15) is 23.6 Å². The fraction of sp³-hybridized carbons (Fsp3) is 0.269. The molecule has 1 fully saturated rings. The molecule has 1 aromatic heterocycles. The van der Waals surface area contributed by atoms with E-state index in [0.29, 0.717) is 18.1 Å². The number of aromatic hydroxyl groups is 1. The van der Waals surface area contributed by atoms with Crippen molar-refractivity contribution in [1.82, 2.24) is 20.1 Å². The van der Waals surface area contributed by atoms with E-state index >= 15 is 0 Å². The summed E-state index contributed by atoms with van der Waals surface area (Å²) in [6.45, 7) is 6.07. The van der Waals surface area contributed by atoms with Crippen molar-refractivity contribution < 1.29 is 9.84 Å². The highest BCUT2D eigenvalue weighted by atomic mass is 16.5. The zero-order valence-electron chi connectivity index (χ0n) is 18.7. The van der Waals surface area contributed by atoms with Crippen molar-refractivity contribution in [3.63, 3.8) is 0 Å². The Balaban J connectivity index is 1.26. The number of rotatable bonds is 7. The van der Waals surface area contributed by atoms with Gasteiger partial charge >= 0.3 is 0 Å². The number of fused-ring (bicyclic) bond motifs is 1. The van der Waals surface area contributed by atoms with E-state index in [4.69, 9.17) is 4.74 Å². The summed E-state index contributed by atoms with van der Waals surface area (Å²) in [5, 5.41) is 21.6. The average Bonchev–Trinajstić information content (AvgIpc) is 3.33. The monoisotopic (exact) mass is 441 g/mol. The first kappa shape index (κ1) is 21.2. The molecular formula is C26H27N5O2. The normalized spacial score (nSPS) is 14.0. The lowest BCUT2D eigenvalue weighted by Gasteiger charge is -2.15. The van der Waals surface area contributed by atoms with Crippen molar-refractivity contribution >= 4 is 22.7 Å². The second kappa shape index (κ2) is 9.42. The smallest absolute Gasteiger partial charge is 0.247 e. The van der Waals surface area contributed by atoms with Gasteiger partial charge in [0.05, 0.1) is 5.52 Å². The van der Waals surface area contributed by atoms with Gasteiger partial charge in [0.25, 0.3) is 0 Å². The molecule has 33 heavy (non-hydrogen) atoms. The van der Waals surface area contributed by atoms with Crippen molar-refractivity contribution in [3.8, 4) is 22.6 Å². The van der Waals surface area contributed by atoms with E-state index in [9.17, 15) is 5.11 Å². The van der Waals surface area contributed by atoms with Gasteiger partial charge in [-0.05, 0) is 98.1 Å². The summed E-state index contributed by atoms with van der Waals surface area (Å²) in [6, 6.07) is 18.9. The molecule has 5 rings (SSSR count). The van der Waals surface area contributed by atoms with E-state index in [1.807, 2.05) is 55.5 Å². The molecule has 2 heterocycles. The molecule has 1 aliphatic heterocycles. The molecule has 1 aliphatic rings. The Bertz CT molecular complexity index is 1250. The van der Waals surface area contributed by atoms with Gasteiger partial charge in [-0.15, -0.1) is 10.2 Å². The molecule has 168 valence electrons. The van der Waals surface area contributed by atoms with Crippen molar-refractivity contribution in [2.45, 2.75) is 19.8 Å². The van der Waals surface area contributed by atoms with Crippen LogP contribution in [0.1, 0.15) is 18.4 Å². The summed E-state index contributed by atoms with van der Waals surface area (Å²) < 4.78 is 5.87. The number of anilines is 2. The van der Waals surface area contributed by atoms with E-state index < -0.39 is 0 Å². The highest BCUT2D eigenvalue weighted by molar-refractivity contribution is 5.84. The van der Waals surface area contributed by atoms with Crippen LogP contribution in [0.5, 0.6) is 11.5 Å². The largest absolute Gasteiger partial charge is 0.508 e. The van der Waals surface area contributed by atoms with Gasteiger partial charge in [0, 0.05) is 12.2 Å². The lowest BCUT2D eigenvalue weighted by molar-refractivity contribution is 0.238. The molecule has 4 aromatic rings. The number of hydrogen-bond acceptors (Lipinski definition) is 7. The molecule has 0 spiro atoms. The quantitative estimate of drug-likeness (QED) is 0.421. The third-order valence-electron chi connectivity index (χ3n) is 5.94. The number of aromatic nitrogens is 3. The molecule has 0 unspecified atom stereocenters. The Morgan fingerprint density at radius 2 is 1.79 bits per heavy atom. The molecule has 0 radical (unpaired) electrons. The topological polar surface area (TPSA) is 83.4 Å². The summed E-state index contributed by atoms with van der Waals surface area (Å²) in [5.41, 5.74) is 5.31. The predicted octanol–water partition coefficient (Wildman–Crippen LogP) is 4.92. The maximum atomic E-state index is 9.80. The molecule has 0 amide bonds. The molecule has 3 aromatic carbocycles. The summed E-state index contributed by atoms with van der Waals surface area (Å²) in [6.07, 6.45) is 2.59. The Morgan fingerprint density at radius 1 is 0.970 bits per heavy atom. The Labute approximate surface area is 193 Å². The molecule has 0 bridgehead atoms. The van der Waals surface area contributed by atoms with Gasteiger partial charge < -0.3 is 15.2 Å². The van der Waals surface area contributed by atoms with Crippen molar-refractivity contribution in [2.75, 3.05) is 31.6 Å². The molecule has 7 nitrogen and oxygen atoms in total. The van der Waals surface area contributed by atoms with Crippen LogP contribution in [0.2, 0.25) is 0 Å². The lowest BCUT2D eigenvalue weighted by atomic mass is 9.99. The zero-order chi connectivity index (χ0) is 22.6. The van der Waals surface area contributed by atoms with Gasteiger partial charge in [0.15, 0.2) is 0 Å². The molecule has 1 saturated heterocycles. The van der Waals surface area contributed by atoms with E-state index in [1.165, 1.54) is 25.9 Å². The van der Waals surface area contributed by atoms with Crippen LogP contribution in [0, 0.1) is 6.92 Å². The number of nitrogens with zero attached hydrogens (tertiary/aromatic N) is 4. The van der Waals surface area contributed by atoms with Gasteiger partial charge in [0.2, 0.25) is 5.95 Å². The maximum Gasteiger partial charge on any atom is 0.247 e.